The summed E-state index contributed by atoms with van der Waals surface area (Å²) >= 11 is 0. The van der Waals surface area contributed by atoms with Gasteiger partial charge in [0.1, 0.15) is 11.2 Å². The number of ether oxygens (including phenoxy) is 2. The van der Waals surface area contributed by atoms with Gasteiger partial charge in [-0.25, -0.2) is 9.59 Å². The van der Waals surface area contributed by atoms with Gasteiger partial charge >= 0.3 is 12.2 Å². The minimum absolute atomic E-state index is 0.243. The normalized spacial score (nSPS) is 12.5. The quantitative estimate of drug-likeness (QED) is 0.460. The Kier molecular flexibility index (Phi) is 9.76. The molecule has 0 bridgehead atoms. The molecule has 2 amide bonds. The average molecular weight is 455 g/mol. The standard InChI is InChI=1S/C27H38N2O4/c1-21(29-25(31)33-27(4,5)19-17-23-14-10-7-11-15-23)20-28-24(30)32-26(2,3)18-16-22-12-8-6-9-13-22/h6-15,21H,16-20H2,1-5H3,(H,28,30)(H,29,31). The molecule has 0 aromatic heterocycles. The van der Waals surface area contributed by atoms with E-state index in [1.165, 1.54) is 11.1 Å². The van der Waals surface area contributed by atoms with Crippen molar-refractivity contribution in [2.24, 2.45) is 0 Å². The maximum Gasteiger partial charge on any atom is 0.407 e. The van der Waals surface area contributed by atoms with Gasteiger partial charge in [0.2, 0.25) is 0 Å². The molecule has 180 valence electrons. The van der Waals surface area contributed by atoms with E-state index in [0.29, 0.717) is 12.8 Å². The van der Waals surface area contributed by atoms with Crippen molar-refractivity contribution >= 4 is 12.2 Å². The van der Waals surface area contributed by atoms with Crippen molar-refractivity contribution in [3.05, 3.63) is 71.8 Å². The summed E-state index contributed by atoms with van der Waals surface area (Å²) in [4.78, 5) is 24.5. The minimum atomic E-state index is -0.602. The number of hydrogen-bond donors (Lipinski definition) is 2. The highest BCUT2D eigenvalue weighted by Gasteiger charge is 2.25. The first-order valence-electron chi connectivity index (χ1n) is 11.6. The Morgan fingerprint density at radius 3 is 1.64 bits per heavy atom. The predicted molar refractivity (Wildman–Crippen MR) is 131 cm³/mol. The van der Waals surface area contributed by atoms with Crippen LogP contribution in [0.5, 0.6) is 0 Å². The van der Waals surface area contributed by atoms with Crippen LogP contribution in [-0.2, 0) is 22.3 Å². The molecule has 6 heteroatoms. The first-order chi connectivity index (χ1) is 15.5. The molecule has 2 aromatic rings. The molecule has 1 atom stereocenters. The summed E-state index contributed by atoms with van der Waals surface area (Å²) in [6.07, 6.45) is 2.07. The number of carbonyl (C=O) groups is 2. The van der Waals surface area contributed by atoms with E-state index in [0.717, 1.165) is 12.8 Å². The zero-order valence-electron chi connectivity index (χ0n) is 20.5. The number of amides is 2. The van der Waals surface area contributed by atoms with E-state index in [2.05, 4.69) is 34.9 Å². The van der Waals surface area contributed by atoms with Crippen molar-refractivity contribution in [3.63, 3.8) is 0 Å². The number of nitrogens with one attached hydrogen (secondary N) is 2. The summed E-state index contributed by atoms with van der Waals surface area (Å²) in [6.45, 7) is 9.63. The lowest BCUT2D eigenvalue weighted by atomic mass is 9.98. The third kappa shape index (κ3) is 10.9. The number of benzene rings is 2. The van der Waals surface area contributed by atoms with E-state index in [1.807, 2.05) is 64.1 Å². The van der Waals surface area contributed by atoms with Gasteiger partial charge < -0.3 is 20.1 Å². The third-order valence-corrected chi connectivity index (χ3v) is 5.37. The van der Waals surface area contributed by atoms with Crippen LogP contribution in [0, 0.1) is 0 Å². The monoisotopic (exact) mass is 454 g/mol. The summed E-state index contributed by atoms with van der Waals surface area (Å²) < 4.78 is 11.2. The highest BCUT2D eigenvalue weighted by molar-refractivity contribution is 5.69. The Bertz CT molecular complexity index is 866. The van der Waals surface area contributed by atoms with E-state index in [-0.39, 0.29) is 12.6 Å². The van der Waals surface area contributed by atoms with Crippen LogP contribution in [0.2, 0.25) is 0 Å². The van der Waals surface area contributed by atoms with Crippen molar-refractivity contribution < 1.29 is 19.1 Å². The number of alkyl carbamates (subject to hydrolysis) is 2. The van der Waals surface area contributed by atoms with Gasteiger partial charge in [-0.2, -0.15) is 0 Å². The van der Waals surface area contributed by atoms with Crippen LogP contribution in [0.15, 0.2) is 60.7 Å². The van der Waals surface area contributed by atoms with Gasteiger partial charge in [-0.1, -0.05) is 60.7 Å². The van der Waals surface area contributed by atoms with Crippen LogP contribution in [0.3, 0.4) is 0 Å². The highest BCUT2D eigenvalue weighted by atomic mass is 16.6. The van der Waals surface area contributed by atoms with Crippen LogP contribution in [0.4, 0.5) is 9.59 Å². The van der Waals surface area contributed by atoms with Crippen LogP contribution in [0.1, 0.15) is 58.6 Å². The van der Waals surface area contributed by atoms with Crippen LogP contribution in [-0.4, -0.2) is 36.0 Å². The molecule has 0 spiro atoms. The van der Waals surface area contributed by atoms with E-state index in [1.54, 1.807) is 6.92 Å². The molecule has 0 saturated carbocycles. The molecule has 0 fully saturated rings. The van der Waals surface area contributed by atoms with Gasteiger partial charge in [-0.3, -0.25) is 0 Å². The molecule has 0 saturated heterocycles. The third-order valence-electron chi connectivity index (χ3n) is 5.37. The van der Waals surface area contributed by atoms with Gasteiger partial charge in [0.05, 0.1) is 0 Å². The number of carbonyl (C=O) groups excluding carboxylic acids is 2. The lowest BCUT2D eigenvalue weighted by Crippen LogP contribution is -2.45. The van der Waals surface area contributed by atoms with Gasteiger partial charge in [-0.15, -0.1) is 0 Å². The molecule has 33 heavy (non-hydrogen) atoms. The van der Waals surface area contributed by atoms with E-state index >= 15 is 0 Å². The molecule has 1 unspecified atom stereocenters. The summed E-state index contributed by atoms with van der Waals surface area (Å²) in [5.74, 6) is 0. The van der Waals surface area contributed by atoms with E-state index < -0.39 is 23.4 Å². The van der Waals surface area contributed by atoms with E-state index in [4.69, 9.17) is 9.47 Å². The lowest BCUT2D eigenvalue weighted by molar-refractivity contribution is 0.0279. The van der Waals surface area contributed by atoms with Crippen LogP contribution in [0.25, 0.3) is 0 Å². The average Bonchev–Trinajstić information content (AvgIpc) is 2.76. The van der Waals surface area contributed by atoms with Crippen LogP contribution >= 0.6 is 0 Å². The highest BCUT2D eigenvalue weighted by Crippen LogP contribution is 2.19. The topological polar surface area (TPSA) is 76.7 Å². The molecule has 0 aliphatic rings. The van der Waals surface area contributed by atoms with Gasteiger partial charge in [0.15, 0.2) is 0 Å². The first kappa shape index (κ1) is 26.2. The first-order valence-corrected chi connectivity index (χ1v) is 11.6. The molecule has 6 nitrogen and oxygen atoms in total. The second-order valence-corrected chi connectivity index (χ2v) is 9.70. The zero-order valence-corrected chi connectivity index (χ0v) is 20.5. The van der Waals surface area contributed by atoms with Gasteiger partial charge in [-0.05, 0) is 71.4 Å². The molecule has 0 heterocycles. The lowest BCUT2D eigenvalue weighted by Gasteiger charge is -2.27. The van der Waals surface area contributed by atoms with Gasteiger partial charge in [0, 0.05) is 12.6 Å². The van der Waals surface area contributed by atoms with Crippen LogP contribution < -0.4 is 10.6 Å². The number of rotatable bonds is 11. The minimum Gasteiger partial charge on any atom is -0.444 e. The molecule has 0 aliphatic carbocycles. The predicted octanol–water partition coefficient (Wildman–Crippen LogP) is 5.65. The van der Waals surface area contributed by atoms with Gasteiger partial charge in [0.25, 0.3) is 0 Å². The number of hydrogen-bond acceptors (Lipinski definition) is 4. The van der Waals surface area contributed by atoms with Crippen molar-refractivity contribution in [2.75, 3.05) is 6.54 Å². The Labute approximate surface area is 198 Å². The summed E-state index contributed by atoms with van der Waals surface area (Å²) in [5, 5.41) is 5.49. The van der Waals surface area contributed by atoms with Crippen molar-refractivity contribution in [2.45, 2.75) is 77.5 Å². The molecule has 2 rings (SSSR count). The Hall–Kier alpha value is -3.02. The smallest absolute Gasteiger partial charge is 0.407 e. The largest absolute Gasteiger partial charge is 0.444 e. The zero-order chi connectivity index (χ0) is 24.3. The fraction of sp³-hybridized carbons (Fsp3) is 0.481. The molecule has 0 radical (unpaired) electrons. The summed E-state index contributed by atoms with van der Waals surface area (Å²) in [7, 11) is 0. The second kappa shape index (κ2) is 12.3. The Morgan fingerprint density at radius 2 is 1.18 bits per heavy atom. The summed E-state index contributed by atoms with van der Waals surface area (Å²) in [6, 6.07) is 19.9. The van der Waals surface area contributed by atoms with Crippen molar-refractivity contribution in [3.8, 4) is 0 Å². The molecular formula is C27H38N2O4. The van der Waals surface area contributed by atoms with Crippen molar-refractivity contribution in [1.29, 1.82) is 0 Å². The molecule has 2 aromatic carbocycles. The fourth-order valence-corrected chi connectivity index (χ4v) is 3.34. The Balaban J connectivity index is 1.67. The SMILES string of the molecule is CC(CNC(=O)OC(C)(C)CCc1ccccc1)NC(=O)OC(C)(C)CCc1ccccc1. The summed E-state index contributed by atoms with van der Waals surface area (Å²) in [5.41, 5.74) is 1.21. The molecule has 2 N–H and O–H groups in total. The maximum atomic E-state index is 12.3. The van der Waals surface area contributed by atoms with E-state index in [9.17, 15) is 9.59 Å². The molecular weight excluding hydrogens is 416 g/mol. The van der Waals surface area contributed by atoms with Crippen molar-refractivity contribution in [1.82, 2.24) is 10.6 Å². The molecule has 0 aliphatic heterocycles. The number of aryl methyl sites for hydroxylation is 2. The second-order valence-electron chi connectivity index (χ2n) is 9.70. The maximum absolute atomic E-state index is 12.3. The fourth-order valence-electron chi connectivity index (χ4n) is 3.34. The Morgan fingerprint density at radius 1 is 0.758 bits per heavy atom.